The van der Waals surface area contributed by atoms with Gasteiger partial charge in [0.15, 0.2) is 0 Å². The van der Waals surface area contributed by atoms with E-state index in [4.69, 9.17) is 4.74 Å². The van der Waals surface area contributed by atoms with E-state index in [9.17, 15) is 4.79 Å². The summed E-state index contributed by atoms with van der Waals surface area (Å²) in [5.74, 6) is 1.81. The summed E-state index contributed by atoms with van der Waals surface area (Å²) in [4.78, 5) is 15.1. The van der Waals surface area contributed by atoms with E-state index in [1.54, 1.807) is 7.11 Å². The molecule has 2 heterocycles. The highest BCUT2D eigenvalue weighted by atomic mass is 16.5. The normalized spacial score (nSPS) is 31.6. The lowest BCUT2D eigenvalue weighted by Gasteiger charge is -2.33. The molecule has 116 valence electrons. The number of methoxy groups -OCH3 is 1. The van der Waals surface area contributed by atoms with Gasteiger partial charge in [0.25, 0.3) is 0 Å². The van der Waals surface area contributed by atoms with Crippen molar-refractivity contribution in [3.63, 3.8) is 0 Å². The molecule has 0 spiro atoms. The Kier molecular flexibility index (Phi) is 5.44. The third-order valence-electron chi connectivity index (χ3n) is 5.12. The minimum absolute atomic E-state index is 0.313. The summed E-state index contributed by atoms with van der Waals surface area (Å²) < 4.78 is 5.34. The molecule has 2 fully saturated rings. The van der Waals surface area contributed by atoms with Crippen molar-refractivity contribution in [2.24, 2.45) is 17.3 Å². The van der Waals surface area contributed by atoms with Crippen LogP contribution in [-0.2, 0) is 9.53 Å². The first-order chi connectivity index (χ1) is 9.59. The summed E-state index contributed by atoms with van der Waals surface area (Å²) in [5, 5.41) is 3.33. The number of carbonyl (C=O) groups excluding carboxylic acids is 1. The average Bonchev–Trinajstić information content (AvgIpc) is 2.75. The molecule has 0 radical (unpaired) electrons. The van der Waals surface area contributed by atoms with E-state index in [2.05, 4.69) is 24.1 Å². The number of likely N-dealkylation sites (tertiary alicyclic amines) is 1. The van der Waals surface area contributed by atoms with Gasteiger partial charge < -0.3 is 15.0 Å². The molecule has 1 N–H and O–H groups in total. The summed E-state index contributed by atoms with van der Waals surface area (Å²) in [6.07, 6.45) is 4.46. The van der Waals surface area contributed by atoms with Crippen molar-refractivity contribution in [2.45, 2.75) is 39.5 Å². The first kappa shape index (κ1) is 15.8. The van der Waals surface area contributed by atoms with Gasteiger partial charge in [-0.3, -0.25) is 4.79 Å². The molecule has 2 saturated heterocycles. The van der Waals surface area contributed by atoms with Crippen molar-refractivity contribution in [3.8, 4) is 0 Å². The Morgan fingerprint density at radius 3 is 2.80 bits per heavy atom. The van der Waals surface area contributed by atoms with Crippen LogP contribution < -0.4 is 5.32 Å². The Morgan fingerprint density at radius 1 is 1.40 bits per heavy atom. The number of carbonyl (C=O) groups is 1. The zero-order chi connectivity index (χ0) is 14.6. The number of rotatable bonds is 4. The fraction of sp³-hybridized carbons (Fsp3) is 0.938. The summed E-state index contributed by atoms with van der Waals surface area (Å²) in [7, 11) is 1.70. The van der Waals surface area contributed by atoms with Crippen molar-refractivity contribution in [1.29, 1.82) is 0 Å². The minimum atomic E-state index is -0.313. The van der Waals surface area contributed by atoms with Crippen LogP contribution in [0, 0.1) is 17.3 Å². The molecule has 20 heavy (non-hydrogen) atoms. The Labute approximate surface area is 123 Å². The van der Waals surface area contributed by atoms with E-state index in [-0.39, 0.29) is 5.41 Å². The van der Waals surface area contributed by atoms with E-state index in [1.807, 2.05) is 0 Å². The Bertz CT molecular complexity index is 324. The van der Waals surface area contributed by atoms with Crippen LogP contribution in [0.25, 0.3) is 0 Å². The standard InChI is InChI=1S/C16H30N2O2/c1-13(2)14-5-4-9-18(10-6-14)15(19)16(12-20-3)7-8-17-11-16/h13-14,17H,4-12H2,1-3H3. The zero-order valence-electron chi connectivity index (χ0n) is 13.3. The number of ether oxygens (including phenoxy) is 1. The monoisotopic (exact) mass is 282 g/mol. The van der Waals surface area contributed by atoms with Gasteiger partial charge in [-0.05, 0) is 44.1 Å². The van der Waals surface area contributed by atoms with Crippen molar-refractivity contribution < 1.29 is 9.53 Å². The van der Waals surface area contributed by atoms with Crippen molar-refractivity contribution in [3.05, 3.63) is 0 Å². The molecule has 2 atom stereocenters. The molecular formula is C16H30N2O2. The third kappa shape index (κ3) is 3.34. The van der Waals surface area contributed by atoms with E-state index < -0.39 is 0 Å². The van der Waals surface area contributed by atoms with Gasteiger partial charge in [0.1, 0.15) is 0 Å². The van der Waals surface area contributed by atoms with E-state index >= 15 is 0 Å². The van der Waals surface area contributed by atoms with Crippen LogP contribution >= 0.6 is 0 Å². The van der Waals surface area contributed by atoms with Crippen LogP contribution in [0.3, 0.4) is 0 Å². The van der Waals surface area contributed by atoms with E-state index in [0.717, 1.165) is 57.3 Å². The van der Waals surface area contributed by atoms with Gasteiger partial charge in [0.2, 0.25) is 5.91 Å². The lowest BCUT2D eigenvalue weighted by molar-refractivity contribution is -0.144. The highest BCUT2D eigenvalue weighted by molar-refractivity contribution is 5.83. The fourth-order valence-corrected chi connectivity index (χ4v) is 3.71. The molecule has 0 aromatic heterocycles. The second-order valence-corrected chi connectivity index (χ2v) is 6.87. The quantitative estimate of drug-likeness (QED) is 0.856. The third-order valence-corrected chi connectivity index (χ3v) is 5.12. The summed E-state index contributed by atoms with van der Waals surface area (Å²) in [6.45, 7) is 8.69. The van der Waals surface area contributed by atoms with Crippen LogP contribution in [-0.4, -0.2) is 50.7 Å². The fourth-order valence-electron chi connectivity index (χ4n) is 3.71. The van der Waals surface area contributed by atoms with Gasteiger partial charge in [-0.1, -0.05) is 13.8 Å². The maximum absolute atomic E-state index is 12.9. The first-order valence-electron chi connectivity index (χ1n) is 8.08. The van der Waals surface area contributed by atoms with Crippen LogP contribution in [0.4, 0.5) is 0 Å². The molecule has 4 heteroatoms. The predicted octanol–water partition coefficient (Wildman–Crippen LogP) is 1.90. The summed E-state index contributed by atoms with van der Waals surface area (Å²) in [5.41, 5.74) is -0.313. The molecule has 0 aromatic rings. The second-order valence-electron chi connectivity index (χ2n) is 6.87. The lowest BCUT2D eigenvalue weighted by Crippen LogP contribution is -2.48. The van der Waals surface area contributed by atoms with Gasteiger partial charge >= 0.3 is 0 Å². The molecule has 1 amide bonds. The highest BCUT2D eigenvalue weighted by Gasteiger charge is 2.44. The zero-order valence-corrected chi connectivity index (χ0v) is 13.3. The maximum atomic E-state index is 12.9. The van der Waals surface area contributed by atoms with E-state index in [0.29, 0.717) is 12.5 Å². The van der Waals surface area contributed by atoms with Crippen LogP contribution in [0.2, 0.25) is 0 Å². The smallest absolute Gasteiger partial charge is 0.232 e. The van der Waals surface area contributed by atoms with Crippen LogP contribution in [0.1, 0.15) is 39.5 Å². The molecule has 2 aliphatic heterocycles. The minimum Gasteiger partial charge on any atom is -0.384 e. The number of hydrogen-bond acceptors (Lipinski definition) is 3. The second kappa shape index (κ2) is 6.90. The first-order valence-corrected chi connectivity index (χ1v) is 8.08. The average molecular weight is 282 g/mol. The van der Waals surface area contributed by atoms with Gasteiger partial charge in [-0.15, -0.1) is 0 Å². The summed E-state index contributed by atoms with van der Waals surface area (Å²) >= 11 is 0. The van der Waals surface area contributed by atoms with Crippen LogP contribution in [0.15, 0.2) is 0 Å². The number of nitrogens with zero attached hydrogens (tertiary/aromatic N) is 1. The van der Waals surface area contributed by atoms with Crippen molar-refractivity contribution >= 4 is 5.91 Å². The van der Waals surface area contributed by atoms with Crippen LogP contribution in [0.5, 0.6) is 0 Å². The highest BCUT2D eigenvalue weighted by Crippen LogP contribution is 2.31. The largest absolute Gasteiger partial charge is 0.384 e. The molecule has 0 aromatic carbocycles. The molecule has 0 bridgehead atoms. The topological polar surface area (TPSA) is 41.6 Å². The van der Waals surface area contributed by atoms with Gasteiger partial charge in [0, 0.05) is 26.7 Å². The maximum Gasteiger partial charge on any atom is 0.232 e. The molecule has 0 saturated carbocycles. The number of hydrogen-bond donors (Lipinski definition) is 1. The molecule has 2 rings (SSSR count). The predicted molar refractivity (Wildman–Crippen MR) is 80.6 cm³/mol. The van der Waals surface area contributed by atoms with Crippen molar-refractivity contribution in [1.82, 2.24) is 10.2 Å². The molecule has 2 aliphatic rings. The van der Waals surface area contributed by atoms with Gasteiger partial charge in [-0.2, -0.15) is 0 Å². The SMILES string of the molecule is COCC1(C(=O)N2CCCC(C(C)C)CC2)CCNC1. The number of nitrogens with one attached hydrogen (secondary N) is 1. The Morgan fingerprint density at radius 2 is 2.20 bits per heavy atom. The molecular weight excluding hydrogens is 252 g/mol. The van der Waals surface area contributed by atoms with Crippen molar-refractivity contribution in [2.75, 3.05) is 39.9 Å². The molecule has 0 aliphatic carbocycles. The molecule has 4 nitrogen and oxygen atoms in total. The van der Waals surface area contributed by atoms with Gasteiger partial charge in [-0.25, -0.2) is 0 Å². The Balaban J connectivity index is 2.01. The lowest BCUT2D eigenvalue weighted by atomic mass is 9.86. The number of amides is 1. The van der Waals surface area contributed by atoms with E-state index in [1.165, 1.54) is 6.42 Å². The Hall–Kier alpha value is -0.610. The molecule has 2 unspecified atom stereocenters. The summed E-state index contributed by atoms with van der Waals surface area (Å²) in [6, 6.07) is 0. The van der Waals surface area contributed by atoms with Gasteiger partial charge in [0.05, 0.1) is 12.0 Å².